The maximum Gasteiger partial charge on any atom is 0.244 e. The third-order valence-electron chi connectivity index (χ3n) is 4.16. The van der Waals surface area contributed by atoms with Gasteiger partial charge in [-0.25, -0.2) is 0 Å². The average Bonchev–Trinajstić information content (AvgIpc) is 2.73. The van der Waals surface area contributed by atoms with Gasteiger partial charge >= 0.3 is 0 Å². The molecule has 0 spiro atoms. The Balaban J connectivity index is 1.94. The van der Waals surface area contributed by atoms with Gasteiger partial charge in [-0.3, -0.25) is 4.79 Å². The fourth-order valence-electron chi connectivity index (χ4n) is 2.70. The third-order valence-corrected chi connectivity index (χ3v) is 4.90. The second-order valence-corrected chi connectivity index (χ2v) is 6.87. The number of methoxy groups -OCH3 is 3. The van der Waals surface area contributed by atoms with Crippen molar-refractivity contribution in [2.45, 2.75) is 13.3 Å². The van der Waals surface area contributed by atoms with Crippen LogP contribution in [-0.2, 0) is 11.2 Å². The van der Waals surface area contributed by atoms with Crippen LogP contribution in [-0.4, -0.2) is 40.4 Å². The molecular weight excluding hydrogens is 438 g/mol. The van der Waals surface area contributed by atoms with E-state index in [2.05, 4.69) is 21.2 Å². The number of hydrogen-bond donors (Lipinski definition) is 1. The van der Waals surface area contributed by atoms with Crippen molar-refractivity contribution in [1.29, 1.82) is 0 Å². The van der Waals surface area contributed by atoms with Crippen molar-refractivity contribution >= 4 is 27.9 Å². The molecule has 1 amide bonds. The van der Waals surface area contributed by atoms with Crippen molar-refractivity contribution in [3.05, 3.63) is 52.0 Å². The van der Waals surface area contributed by atoms with E-state index in [-0.39, 0.29) is 5.91 Å². The first-order valence-corrected chi connectivity index (χ1v) is 9.98. The molecule has 0 aliphatic heterocycles. The molecule has 0 unspecified atom stereocenters. The summed E-state index contributed by atoms with van der Waals surface area (Å²) in [4.78, 5) is 12.1. The van der Waals surface area contributed by atoms with Crippen LogP contribution in [0.15, 0.2) is 40.9 Å². The van der Waals surface area contributed by atoms with Crippen LogP contribution in [0.5, 0.6) is 23.0 Å². The van der Waals surface area contributed by atoms with Gasteiger partial charge in [-0.15, -0.1) is 0 Å². The molecule has 2 rings (SSSR count). The molecule has 156 valence electrons. The molecule has 7 heteroatoms. The Bertz CT molecular complexity index is 867. The molecule has 0 saturated heterocycles. The van der Waals surface area contributed by atoms with Gasteiger partial charge < -0.3 is 24.3 Å². The van der Waals surface area contributed by atoms with E-state index in [9.17, 15) is 4.79 Å². The summed E-state index contributed by atoms with van der Waals surface area (Å²) in [6.45, 7) is 2.94. The van der Waals surface area contributed by atoms with Gasteiger partial charge in [-0.2, -0.15) is 0 Å². The molecule has 29 heavy (non-hydrogen) atoms. The molecule has 0 aromatic heterocycles. The molecule has 0 fully saturated rings. The van der Waals surface area contributed by atoms with Gasteiger partial charge in [-0.05, 0) is 54.8 Å². The number of ether oxygens (including phenoxy) is 4. The predicted octanol–water partition coefficient (Wildman–Crippen LogP) is 4.25. The standard InChI is InChI=1S/C22H26BrNO5/c1-5-29-21-12-15(6-8-18(21)26-2)7-9-22(25)24-11-10-16-13-19(27-3)20(28-4)14-17(16)23/h6-9,12-14H,5,10-11H2,1-4H3,(H,24,25)/b9-7+. The van der Waals surface area contributed by atoms with E-state index in [4.69, 9.17) is 18.9 Å². The van der Waals surface area contributed by atoms with Gasteiger partial charge in [0.05, 0.1) is 27.9 Å². The lowest BCUT2D eigenvalue weighted by Gasteiger charge is -2.12. The van der Waals surface area contributed by atoms with E-state index < -0.39 is 0 Å². The summed E-state index contributed by atoms with van der Waals surface area (Å²) < 4.78 is 22.3. The number of rotatable bonds is 10. The Morgan fingerprint density at radius 1 is 1.00 bits per heavy atom. The molecule has 2 aromatic rings. The molecule has 6 nitrogen and oxygen atoms in total. The summed E-state index contributed by atoms with van der Waals surface area (Å²) >= 11 is 3.53. The fraction of sp³-hybridized carbons (Fsp3) is 0.318. The van der Waals surface area contributed by atoms with E-state index in [1.54, 1.807) is 27.4 Å². The van der Waals surface area contributed by atoms with Gasteiger partial charge in [-0.1, -0.05) is 22.0 Å². The molecule has 1 N–H and O–H groups in total. The summed E-state index contributed by atoms with van der Waals surface area (Å²) in [5.41, 5.74) is 1.87. The minimum absolute atomic E-state index is 0.171. The molecule has 0 aliphatic carbocycles. The number of halogens is 1. The summed E-state index contributed by atoms with van der Waals surface area (Å²) in [5, 5.41) is 2.88. The molecule has 0 atom stereocenters. The van der Waals surface area contributed by atoms with Crippen molar-refractivity contribution in [2.75, 3.05) is 34.5 Å². The highest BCUT2D eigenvalue weighted by molar-refractivity contribution is 9.10. The second kappa shape index (κ2) is 11.4. The first kappa shape index (κ1) is 22.6. The summed E-state index contributed by atoms with van der Waals surface area (Å²) in [7, 11) is 4.78. The normalized spacial score (nSPS) is 10.7. The van der Waals surface area contributed by atoms with Crippen LogP contribution in [0.3, 0.4) is 0 Å². The Morgan fingerprint density at radius 2 is 1.69 bits per heavy atom. The van der Waals surface area contributed by atoms with Crippen LogP contribution in [0.2, 0.25) is 0 Å². The third kappa shape index (κ3) is 6.42. The van der Waals surface area contributed by atoms with E-state index >= 15 is 0 Å². The first-order chi connectivity index (χ1) is 14.0. The molecule has 0 radical (unpaired) electrons. The summed E-state index contributed by atoms with van der Waals surface area (Å²) in [6.07, 6.45) is 3.89. The van der Waals surface area contributed by atoms with E-state index in [1.165, 1.54) is 6.08 Å². The Labute approximate surface area is 179 Å². The van der Waals surface area contributed by atoms with Gasteiger partial charge in [0.1, 0.15) is 0 Å². The number of carbonyl (C=O) groups excluding carboxylic acids is 1. The largest absolute Gasteiger partial charge is 0.493 e. The molecule has 0 bridgehead atoms. The maximum atomic E-state index is 12.1. The number of benzene rings is 2. The van der Waals surface area contributed by atoms with Crippen LogP contribution in [0, 0.1) is 0 Å². The molecule has 2 aromatic carbocycles. The topological polar surface area (TPSA) is 66.0 Å². The number of hydrogen-bond acceptors (Lipinski definition) is 5. The number of nitrogens with one attached hydrogen (secondary N) is 1. The van der Waals surface area contributed by atoms with E-state index in [0.29, 0.717) is 42.6 Å². The summed E-state index contributed by atoms with van der Waals surface area (Å²) in [6, 6.07) is 9.28. The van der Waals surface area contributed by atoms with Gasteiger partial charge in [0.2, 0.25) is 5.91 Å². The van der Waals surface area contributed by atoms with Crippen LogP contribution in [0.1, 0.15) is 18.1 Å². The van der Waals surface area contributed by atoms with Crippen LogP contribution in [0.25, 0.3) is 6.08 Å². The zero-order chi connectivity index (χ0) is 21.2. The van der Waals surface area contributed by atoms with Gasteiger partial charge in [0.15, 0.2) is 23.0 Å². The van der Waals surface area contributed by atoms with Crippen molar-refractivity contribution in [3.63, 3.8) is 0 Å². The van der Waals surface area contributed by atoms with E-state index in [0.717, 1.165) is 15.6 Å². The summed E-state index contributed by atoms with van der Waals surface area (Å²) in [5.74, 6) is 2.45. The molecular formula is C22H26BrNO5. The lowest BCUT2D eigenvalue weighted by molar-refractivity contribution is -0.116. The zero-order valence-corrected chi connectivity index (χ0v) is 18.7. The Kier molecular flexibility index (Phi) is 8.86. The van der Waals surface area contributed by atoms with Crippen molar-refractivity contribution in [1.82, 2.24) is 5.32 Å². The maximum absolute atomic E-state index is 12.1. The van der Waals surface area contributed by atoms with Gasteiger partial charge in [0.25, 0.3) is 0 Å². The lowest BCUT2D eigenvalue weighted by atomic mass is 10.1. The van der Waals surface area contributed by atoms with Crippen molar-refractivity contribution < 1.29 is 23.7 Å². The fourth-order valence-corrected chi connectivity index (χ4v) is 3.22. The zero-order valence-electron chi connectivity index (χ0n) is 17.1. The average molecular weight is 464 g/mol. The second-order valence-electron chi connectivity index (χ2n) is 6.02. The Hall–Kier alpha value is -2.67. The number of carbonyl (C=O) groups is 1. The minimum Gasteiger partial charge on any atom is -0.493 e. The molecule has 0 heterocycles. The highest BCUT2D eigenvalue weighted by atomic mass is 79.9. The Morgan fingerprint density at radius 3 is 2.34 bits per heavy atom. The highest BCUT2D eigenvalue weighted by Crippen LogP contribution is 2.33. The quantitative estimate of drug-likeness (QED) is 0.533. The highest BCUT2D eigenvalue weighted by Gasteiger charge is 2.10. The lowest BCUT2D eigenvalue weighted by Crippen LogP contribution is -2.23. The van der Waals surface area contributed by atoms with Crippen molar-refractivity contribution in [3.8, 4) is 23.0 Å². The van der Waals surface area contributed by atoms with Crippen LogP contribution >= 0.6 is 15.9 Å². The van der Waals surface area contributed by atoms with Gasteiger partial charge in [0, 0.05) is 17.1 Å². The van der Waals surface area contributed by atoms with E-state index in [1.807, 2.05) is 37.3 Å². The minimum atomic E-state index is -0.171. The van der Waals surface area contributed by atoms with Crippen molar-refractivity contribution in [2.24, 2.45) is 0 Å². The molecule has 0 saturated carbocycles. The smallest absolute Gasteiger partial charge is 0.244 e. The van der Waals surface area contributed by atoms with Crippen LogP contribution in [0.4, 0.5) is 0 Å². The first-order valence-electron chi connectivity index (χ1n) is 9.19. The SMILES string of the molecule is CCOc1cc(/C=C/C(=O)NCCc2cc(OC)c(OC)cc2Br)ccc1OC. The molecule has 0 aliphatic rings. The predicted molar refractivity (Wildman–Crippen MR) is 117 cm³/mol. The number of amides is 1. The monoisotopic (exact) mass is 463 g/mol. The van der Waals surface area contributed by atoms with Crippen LogP contribution < -0.4 is 24.3 Å².